The fourth-order valence-electron chi connectivity index (χ4n) is 2.43. The SMILES string of the molecule is COc1cc(Cl)ccc1C(N)c1cc(C)c(C)cc1C. The summed E-state index contributed by atoms with van der Waals surface area (Å²) in [5, 5.41) is 0.648. The highest BCUT2D eigenvalue weighted by atomic mass is 35.5. The van der Waals surface area contributed by atoms with Crippen LogP contribution in [0.5, 0.6) is 5.75 Å². The summed E-state index contributed by atoms with van der Waals surface area (Å²) in [6, 6.07) is 9.68. The molecule has 0 bridgehead atoms. The van der Waals surface area contributed by atoms with Crippen LogP contribution in [0.25, 0.3) is 0 Å². The maximum atomic E-state index is 6.44. The Morgan fingerprint density at radius 3 is 2.25 bits per heavy atom. The standard InChI is InChI=1S/C17H20ClNO/c1-10-7-12(3)15(8-11(10)2)17(19)14-6-5-13(18)9-16(14)20-4/h5-9,17H,19H2,1-4H3. The average Bonchev–Trinajstić information content (AvgIpc) is 2.42. The van der Waals surface area contributed by atoms with Gasteiger partial charge >= 0.3 is 0 Å². The van der Waals surface area contributed by atoms with Crippen LogP contribution in [0.15, 0.2) is 30.3 Å². The Kier molecular flexibility index (Phi) is 4.36. The topological polar surface area (TPSA) is 35.2 Å². The molecular weight excluding hydrogens is 270 g/mol. The molecule has 2 aromatic carbocycles. The van der Waals surface area contributed by atoms with E-state index in [2.05, 4.69) is 32.9 Å². The third-order valence-corrected chi connectivity index (χ3v) is 3.98. The summed E-state index contributed by atoms with van der Waals surface area (Å²) < 4.78 is 5.40. The lowest BCUT2D eigenvalue weighted by Gasteiger charge is -2.19. The lowest BCUT2D eigenvalue weighted by molar-refractivity contribution is 0.408. The van der Waals surface area contributed by atoms with Gasteiger partial charge in [0.1, 0.15) is 5.75 Å². The molecule has 3 heteroatoms. The summed E-state index contributed by atoms with van der Waals surface area (Å²) in [7, 11) is 1.63. The Hall–Kier alpha value is -1.51. The number of halogens is 1. The number of hydrogen-bond donors (Lipinski definition) is 1. The van der Waals surface area contributed by atoms with Gasteiger partial charge in [-0.3, -0.25) is 0 Å². The van der Waals surface area contributed by atoms with Crippen LogP contribution in [0.3, 0.4) is 0 Å². The molecule has 2 rings (SSSR count). The van der Waals surface area contributed by atoms with E-state index in [0.717, 1.165) is 16.9 Å². The fourth-order valence-corrected chi connectivity index (χ4v) is 2.59. The van der Waals surface area contributed by atoms with Gasteiger partial charge in [-0.25, -0.2) is 0 Å². The third kappa shape index (κ3) is 2.82. The summed E-state index contributed by atoms with van der Waals surface area (Å²) >= 11 is 6.00. The quantitative estimate of drug-likeness (QED) is 0.913. The van der Waals surface area contributed by atoms with Crippen molar-refractivity contribution in [3.63, 3.8) is 0 Å². The van der Waals surface area contributed by atoms with Crippen LogP contribution in [0, 0.1) is 20.8 Å². The van der Waals surface area contributed by atoms with Crippen molar-refractivity contribution in [2.45, 2.75) is 26.8 Å². The number of methoxy groups -OCH3 is 1. The van der Waals surface area contributed by atoms with Gasteiger partial charge in [0.2, 0.25) is 0 Å². The Labute approximate surface area is 125 Å². The Balaban J connectivity index is 2.51. The van der Waals surface area contributed by atoms with E-state index in [0.29, 0.717) is 5.02 Å². The molecule has 2 nitrogen and oxygen atoms in total. The molecule has 0 fully saturated rings. The van der Waals surface area contributed by atoms with E-state index in [1.807, 2.05) is 12.1 Å². The molecule has 2 N–H and O–H groups in total. The summed E-state index contributed by atoms with van der Waals surface area (Å²) in [5.74, 6) is 0.725. The van der Waals surface area contributed by atoms with Crippen LogP contribution in [-0.2, 0) is 0 Å². The normalized spacial score (nSPS) is 12.3. The molecule has 2 aromatic rings. The highest BCUT2D eigenvalue weighted by Crippen LogP contribution is 2.32. The molecule has 0 amide bonds. The first-order chi connectivity index (χ1) is 9.43. The van der Waals surface area contributed by atoms with Gasteiger partial charge in [-0.1, -0.05) is 29.8 Å². The van der Waals surface area contributed by atoms with Gasteiger partial charge < -0.3 is 10.5 Å². The number of rotatable bonds is 3. The summed E-state index contributed by atoms with van der Waals surface area (Å²) in [5.41, 5.74) is 12.2. The zero-order valence-electron chi connectivity index (χ0n) is 12.3. The number of nitrogens with two attached hydrogens (primary N) is 1. The zero-order valence-corrected chi connectivity index (χ0v) is 13.1. The average molecular weight is 290 g/mol. The second kappa shape index (κ2) is 5.86. The molecular formula is C17H20ClNO. The lowest BCUT2D eigenvalue weighted by Crippen LogP contribution is -2.15. The van der Waals surface area contributed by atoms with Crippen LogP contribution < -0.4 is 10.5 Å². The zero-order chi connectivity index (χ0) is 14.9. The minimum atomic E-state index is -0.221. The van der Waals surface area contributed by atoms with Crippen LogP contribution in [0.2, 0.25) is 5.02 Å². The molecule has 1 unspecified atom stereocenters. The van der Waals surface area contributed by atoms with Crippen molar-refractivity contribution in [2.75, 3.05) is 7.11 Å². The minimum Gasteiger partial charge on any atom is -0.496 e. The third-order valence-electron chi connectivity index (χ3n) is 3.75. The maximum Gasteiger partial charge on any atom is 0.125 e. The highest BCUT2D eigenvalue weighted by molar-refractivity contribution is 6.30. The van der Waals surface area contributed by atoms with E-state index in [1.165, 1.54) is 16.7 Å². The molecule has 0 aliphatic rings. The van der Waals surface area contributed by atoms with Crippen molar-refractivity contribution < 1.29 is 4.74 Å². The van der Waals surface area contributed by atoms with Crippen LogP contribution in [-0.4, -0.2) is 7.11 Å². The molecule has 0 saturated carbocycles. The molecule has 0 aliphatic heterocycles. The van der Waals surface area contributed by atoms with Gasteiger partial charge in [0.05, 0.1) is 13.2 Å². The van der Waals surface area contributed by atoms with Crippen LogP contribution in [0.1, 0.15) is 33.9 Å². The number of hydrogen-bond acceptors (Lipinski definition) is 2. The van der Waals surface area contributed by atoms with Crippen molar-refractivity contribution in [3.05, 3.63) is 63.2 Å². The fraction of sp³-hybridized carbons (Fsp3) is 0.294. The molecule has 0 saturated heterocycles. The molecule has 106 valence electrons. The van der Waals surface area contributed by atoms with Gasteiger partial charge in [0, 0.05) is 10.6 Å². The summed E-state index contributed by atoms with van der Waals surface area (Å²) in [4.78, 5) is 0. The van der Waals surface area contributed by atoms with Crippen LogP contribution >= 0.6 is 11.6 Å². The Morgan fingerprint density at radius 2 is 1.60 bits per heavy atom. The van der Waals surface area contributed by atoms with E-state index in [4.69, 9.17) is 22.1 Å². The van der Waals surface area contributed by atoms with Crippen molar-refractivity contribution in [2.24, 2.45) is 5.73 Å². The van der Waals surface area contributed by atoms with Gasteiger partial charge in [0.15, 0.2) is 0 Å². The molecule has 0 radical (unpaired) electrons. The molecule has 0 aromatic heterocycles. The maximum absolute atomic E-state index is 6.44. The van der Waals surface area contributed by atoms with Gasteiger partial charge in [-0.15, -0.1) is 0 Å². The molecule has 0 spiro atoms. The van der Waals surface area contributed by atoms with Gasteiger partial charge in [0.25, 0.3) is 0 Å². The molecule has 1 atom stereocenters. The van der Waals surface area contributed by atoms with E-state index >= 15 is 0 Å². The van der Waals surface area contributed by atoms with Crippen molar-refractivity contribution in [1.29, 1.82) is 0 Å². The minimum absolute atomic E-state index is 0.221. The predicted octanol–water partition coefficient (Wildman–Crippen LogP) is 4.32. The van der Waals surface area contributed by atoms with Crippen molar-refractivity contribution in [1.82, 2.24) is 0 Å². The smallest absolute Gasteiger partial charge is 0.125 e. The first-order valence-electron chi connectivity index (χ1n) is 6.60. The van der Waals surface area contributed by atoms with E-state index in [1.54, 1.807) is 13.2 Å². The van der Waals surface area contributed by atoms with Crippen molar-refractivity contribution >= 4 is 11.6 Å². The molecule has 20 heavy (non-hydrogen) atoms. The Morgan fingerprint density at radius 1 is 0.950 bits per heavy atom. The first-order valence-corrected chi connectivity index (χ1v) is 6.98. The molecule has 0 aliphatic carbocycles. The molecule has 0 heterocycles. The second-order valence-electron chi connectivity index (χ2n) is 5.16. The van der Waals surface area contributed by atoms with Gasteiger partial charge in [-0.2, -0.15) is 0 Å². The summed E-state index contributed by atoms with van der Waals surface area (Å²) in [6.07, 6.45) is 0. The second-order valence-corrected chi connectivity index (χ2v) is 5.59. The number of aryl methyl sites for hydroxylation is 3. The van der Waals surface area contributed by atoms with Crippen molar-refractivity contribution in [3.8, 4) is 5.75 Å². The van der Waals surface area contributed by atoms with Gasteiger partial charge in [-0.05, 0) is 55.2 Å². The first kappa shape index (κ1) is 14.9. The van der Waals surface area contributed by atoms with Crippen LogP contribution in [0.4, 0.5) is 0 Å². The highest BCUT2D eigenvalue weighted by Gasteiger charge is 2.17. The largest absolute Gasteiger partial charge is 0.496 e. The number of ether oxygens (including phenoxy) is 1. The lowest BCUT2D eigenvalue weighted by atomic mass is 9.92. The predicted molar refractivity (Wildman–Crippen MR) is 84.7 cm³/mol. The van der Waals surface area contributed by atoms with E-state index in [-0.39, 0.29) is 6.04 Å². The Bertz CT molecular complexity index is 637. The monoisotopic (exact) mass is 289 g/mol. The number of benzene rings is 2. The summed E-state index contributed by atoms with van der Waals surface area (Å²) in [6.45, 7) is 6.30. The van der Waals surface area contributed by atoms with E-state index < -0.39 is 0 Å². The van der Waals surface area contributed by atoms with E-state index in [9.17, 15) is 0 Å².